The molecule has 13 heteroatoms. The minimum atomic E-state index is -0.442. The molecule has 0 aliphatic carbocycles. The summed E-state index contributed by atoms with van der Waals surface area (Å²) in [6.07, 6.45) is 1.90. The Hall–Kier alpha value is -5.56. The number of carbonyl (C=O) groups is 2. The van der Waals surface area contributed by atoms with E-state index in [2.05, 4.69) is 15.5 Å². The standard InChI is InChI=1S/C35H34N6O6S/c1-22-8-5-9-24(18-22)40-31(20-36-34(43)30-12-7-17-47-30)37-38-35(40)48-21-32(42)41-28(26-10-6-11-29(45-3)33(26)46-4)19-27(39-41)23-13-15-25(44-2)16-14-23/h5-18,28H,19-21H2,1-4H3,(H,36,43)/t28-/m1/s1. The van der Waals surface area contributed by atoms with Gasteiger partial charge >= 0.3 is 0 Å². The second kappa shape index (κ2) is 14.5. The minimum absolute atomic E-state index is 0.0187. The van der Waals surface area contributed by atoms with Crippen molar-refractivity contribution in [3.05, 3.63) is 113 Å². The third kappa shape index (κ3) is 6.76. The van der Waals surface area contributed by atoms with E-state index in [1.807, 2.05) is 78.2 Å². The predicted octanol–water partition coefficient (Wildman–Crippen LogP) is 5.59. The molecule has 12 nitrogen and oxygen atoms in total. The Balaban J connectivity index is 1.29. The molecule has 3 aromatic carbocycles. The van der Waals surface area contributed by atoms with Gasteiger partial charge in [0.25, 0.3) is 11.8 Å². The highest BCUT2D eigenvalue weighted by Crippen LogP contribution is 2.42. The van der Waals surface area contributed by atoms with Gasteiger partial charge in [-0.05, 0) is 72.6 Å². The van der Waals surface area contributed by atoms with Gasteiger partial charge in [-0.25, -0.2) is 5.01 Å². The van der Waals surface area contributed by atoms with E-state index in [4.69, 9.17) is 23.7 Å². The van der Waals surface area contributed by atoms with Gasteiger partial charge < -0.3 is 23.9 Å². The zero-order chi connectivity index (χ0) is 33.6. The number of thioether (sulfide) groups is 1. The number of carbonyl (C=O) groups excluding carboxylic acids is 2. The molecule has 0 saturated carbocycles. The third-order valence-electron chi connectivity index (χ3n) is 7.82. The number of aromatic nitrogens is 3. The second-order valence-electron chi connectivity index (χ2n) is 10.8. The van der Waals surface area contributed by atoms with E-state index >= 15 is 0 Å². The molecule has 246 valence electrons. The van der Waals surface area contributed by atoms with Crippen LogP contribution in [0.4, 0.5) is 0 Å². The van der Waals surface area contributed by atoms with Crippen LogP contribution in [0.1, 0.15) is 45.5 Å². The van der Waals surface area contributed by atoms with E-state index in [0.717, 1.165) is 33.8 Å². The summed E-state index contributed by atoms with van der Waals surface area (Å²) in [6.45, 7) is 2.08. The van der Waals surface area contributed by atoms with Crippen molar-refractivity contribution in [2.24, 2.45) is 5.10 Å². The Kier molecular flexibility index (Phi) is 9.76. The van der Waals surface area contributed by atoms with Gasteiger partial charge in [-0.3, -0.25) is 14.2 Å². The summed E-state index contributed by atoms with van der Waals surface area (Å²) < 4.78 is 23.7. The van der Waals surface area contributed by atoms with Gasteiger partial charge in [-0.2, -0.15) is 5.10 Å². The first kappa shape index (κ1) is 32.4. The first-order valence-corrected chi connectivity index (χ1v) is 16.1. The molecule has 0 bridgehead atoms. The molecule has 1 aliphatic heterocycles. The highest BCUT2D eigenvalue weighted by Gasteiger charge is 2.36. The van der Waals surface area contributed by atoms with Gasteiger partial charge in [0.05, 0.1) is 51.6 Å². The number of para-hydroxylation sites is 1. The summed E-state index contributed by atoms with van der Waals surface area (Å²) in [5, 5.41) is 18.5. The van der Waals surface area contributed by atoms with Crippen LogP contribution >= 0.6 is 11.8 Å². The van der Waals surface area contributed by atoms with Gasteiger partial charge in [0.1, 0.15) is 5.75 Å². The van der Waals surface area contributed by atoms with Crippen molar-refractivity contribution < 1.29 is 28.2 Å². The molecule has 6 rings (SSSR count). The highest BCUT2D eigenvalue weighted by molar-refractivity contribution is 7.99. The van der Waals surface area contributed by atoms with Crippen molar-refractivity contribution >= 4 is 29.3 Å². The highest BCUT2D eigenvalue weighted by atomic mass is 32.2. The van der Waals surface area contributed by atoms with Crippen LogP contribution in [-0.2, 0) is 11.3 Å². The summed E-state index contributed by atoms with van der Waals surface area (Å²) in [4.78, 5) is 26.7. The smallest absolute Gasteiger partial charge is 0.287 e. The van der Waals surface area contributed by atoms with E-state index in [0.29, 0.717) is 28.9 Å². The van der Waals surface area contributed by atoms with Gasteiger partial charge in [-0.1, -0.05) is 36.0 Å². The van der Waals surface area contributed by atoms with Crippen LogP contribution in [0.3, 0.4) is 0 Å². The molecule has 48 heavy (non-hydrogen) atoms. The first-order valence-electron chi connectivity index (χ1n) is 15.1. The number of ether oxygens (including phenoxy) is 3. The summed E-state index contributed by atoms with van der Waals surface area (Å²) in [5.74, 6) is 1.94. The summed E-state index contributed by atoms with van der Waals surface area (Å²) in [6, 6.07) is 23.8. The quantitative estimate of drug-likeness (QED) is 0.169. The zero-order valence-electron chi connectivity index (χ0n) is 26.9. The molecule has 0 spiro atoms. The van der Waals surface area contributed by atoms with E-state index in [9.17, 15) is 9.59 Å². The minimum Gasteiger partial charge on any atom is -0.497 e. The fourth-order valence-corrected chi connectivity index (χ4v) is 6.32. The van der Waals surface area contributed by atoms with Crippen LogP contribution in [0, 0.1) is 6.92 Å². The van der Waals surface area contributed by atoms with Crippen molar-refractivity contribution in [1.29, 1.82) is 0 Å². The molecular weight excluding hydrogens is 632 g/mol. The molecule has 2 amide bonds. The van der Waals surface area contributed by atoms with Crippen LogP contribution in [0.5, 0.6) is 17.2 Å². The van der Waals surface area contributed by atoms with Crippen molar-refractivity contribution in [3.63, 3.8) is 0 Å². The zero-order valence-corrected chi connectivity index (χ0v) is 27.7. The van der Waals surface area contributed by atoms with E-state index in [1.54, 1.807) is 33.5 Å². The number of aryl methyl sites for hydroxylation is 1. The fourth-order valence-electron chi connectivity index (χ4n) is 5.50. The third-order valence-corrected chi connectivity index (χ3v) is 8.73. The first-order chi connectivity index (χ1) is 23.4. The maximum atomic E-state index is 14.1. The molecule has 5 aromatic rings. The van der Waals surface area contributed by atoms with Gasteiger partial charge in [0.2, 0.25) is 0 Å². The van der Waals surface area contributed by atoms with E-state index in [-0.39, 0.29) is 29.9 Å². The van der Waals surface area contributed by atoms with Crippen LogP contribution in [0.25, 0.3) is 5.69 Å². The molecule has 0 radical (unpaired) electrons. The van der Waals surface area contributed by atoms with Crippen molar-refractivity contribution in [1.82, 2.24) is 25.1 Å². The predicted molar refractivity (Wildman–Crippen MR) is 180 cm³/mol. The lowest BCUT2D eigenvalue weighted by molar-refractivity contribution is -0.130. The normalized spacial score (nSPS) is 14.0. The maximum absolute atomic E-state index is 14.1. The molecule has 1 aliphatic rings. The SMILES string of the molecule is COc1ccc(C2=NN(C(=O)CSc3nnc(CNC(=O)c4ccco4)n3-c3cccc(C)c3)[C@@H](c3cccc(OC)c3OC)C2)cc1. The van der Waals surface area contributed by atoms with Crippen molar-refractivity contribution in [2.45, 2.75) is 31.1 Å². The lowest BCUT2D eigenvalue weighted by atomic mass is 9.97. The Bertz CT molecular complexity index is 1940. The number of hydrogen-bond acceptors (Lipinski definition) is 10. The number of methoxy groups -OCH3 is 3. The molecule has 0 fully saturated rings. The molecular formula is C35H34N6O6S. The number of hydrogen-bond donors (Lipinski definition) is 1. The molecule has 0 unspecified atom stereocenters. The Labute approximate surface area is 281 Å². The topological polar surface area (TPSA) is 133 Å². The summed E-state index contributed by atoms with van der Waals surface area (Å²) in [5.41, 5.74) is 4.25. The Morgan fingerprint density at radius 1 is 0.958 bits per heavy atom. The average molecular weight is 667 g/mol. The monoisotopic (exact) mass is 666 g/mol. The second-order valence-corrected chi connectivity index (χ2v) is 11.8. The molecule has 2 aromatic heterocycles. The van der Waals surface area contributed by atoms with Crippen LogP contribution < -0.4 is 19.5 Å². The van der Waals surface area contributed by atoms with Crippen LogP contribution in [-0.4, -0.2) is 64.4 Å². The number of amides is 2. The molecule has 3 heterocycles. The lowest BCUT2D eigenvalue weighted by Crippen LogP contribution is -2.29. The molecule has 1 N–H and O–H groups in total. The Morgan fingerprint density at radius 2 is 1.77 bits per heavy atom. The lowest BCUT2D eigenvalue weighted by Gasteiger charge is -2.24. The van der Waals surface area contributed by atoms with Crippen LogP contribution in [0.15, 0.2) is 99.8 Å². The summed E-state index contributed by atoms with van der Waals surface area (Å²) in [7, 11) is 4.78. The van der Waals surface area contributed by atoms with Crippen LogP contribution in [0.2, 0.25) is 0 Å². The maximum Gasteiger partial charge on any atom is 0.287 e. The van der Waals surface area contributed by atoms with Crippen molar-refractivity contribution in [2.75, 3.05) is 27.1 Å². The fraction of sp³-hybridized carbons (Fsp3) is 0.229. The van der Waals surface area contributed by atoms with Crippen molar-refractivity contribution in [3.8, 4) is 22.9 Å². The number of rotatable bonds is 12. The van der Waals surface area contributed by atoms with E-state index in [1.165, 1.54) is 23.0 Å². The van der Waals surface area contributed by atoms with Gasteiger partial charge in [0, 0.05) is 17.7 Å². The number of nitrogens with one attached hydrogen (secondary N) is 1. The number of hydrazone groups is 1. The molecule has 1 atom stereocenters. The number of furan rings is 1. The average Bonchev–Trinajstić information content (AvgIpc) is 3.90. The Morgan fingerprint density at radius 3 is 2.48 bits per heavy atom. The largest absolute Gasteiger partial charge is 0.497 e. The summed E-state index contributed by atoms with van der Waals surface area (Å²) >= 11 is 1.24. The van der Waals surface area contributed by atoms with E-state index < -0.39 is 6.04 Å². The molecule has 0 saturated heterocycles. The number of nitrogens with zero attached hydrogens (tertiary/aromatic N) is 5. The van der Waals surface area contributed by atoms with Gasteiger partial charge in [0.15, 0.2) is 28.2 Å². The van der Waals surface area contributed by atoms with Gasteiger partial charge in [-0.15, -0.1) is 10.2 Å². The number of benzene rings is 3.